The van der Waals surface area contributed by atoms with Gasteiger partial charge in [0.2, 0.25) is 0 Å². The first-order valence-electron chi connectivity index (χ1n) is 8.21. The minimum absolute atomic E-state index is 0.00663. The Morgan fingerprint density at radius 2 is 2.12 bits per heavy atom. The first-order valence-corrected chi connectivity index (χ1v) is 9.09. The molecule has 0 aromatic carbocycles. The van der Waals surface area contributed by atoms with Crippen molar-refractivity contribution in [1.29, 1.82) is 0 Å². The first-order chi connectivity index (χ1) is 11.6. The van der Waals surface area contributed by atoms with Crippen molar-refractivity contribution in [2.24, 2.45) is 0 Å². The van der Waals surface area contributed by atoms with E-state index in [1.165, 1.54) is 0 Å². The van der Waals surface area contributed by atoms with Gasteiger partial charge in [0.05, 0.1) is 11.7 Å². The largest absolute Gasteiger partial charge is 0.329 e. The number of aryl methyl sites for hydroxylation is 1. The van der Waals surface area contributed by atoms with Crippen molar-refractivity contribution in [1.82, 2.24) is 25.1 Å². The maximum atomic E-state index is 12.4. The summed E-state index contributed by atoms with van der Waals surface area (Å²) in [6, 6.07) is 5.91. The molecule has 0 bridgehead atoms. The molecule has 1 aliphatic heterocycles. The van der Waals surface area contributed by atoms with Crippen LogP contribution in [0.15, 0.2) is 29.8 Å². The third-order valence-electron chi connectivity index (χ3n) is 4.12. The summed E-state index contributed by atoms with van der Waals surface area (Å²) in [5.74, 6) is 0. The monoisotopic (exact) mass is 345 g/mol. The highest BCUT2D eigenvalue weighted by molar-refractivity contribution is 7.09. The normalized spacial score (nSPS) is 16.8. The van der Waals surface area contributed by atoms with Crippen molar-refractivity contribution in [2.75, 3.05) is 26.2 Å². The van der Waals surface area contributed by atoms with Gasteiger partial charge in [-0.05, 0) is 26.0 Å². The fourth-order valence-electron chi connectivity index (χ4n) is 2.74. The summed E-state index contributed by atoms with van der Waals surface area (Å²) < 4.78 is 0. The molecule has 0 aliphatic carbocycles. The van der Waals surface area contributed by atoms with Crippen molar-refractivity contribution >= 4 is 17.4 Å². The third kappa shape index (κ3) is 4.30. The number of hydrogen-bond acceptors (Lipinski definition) is 5. The molecule has 2 amide bonds. The van der Waals surface area contributed by atoms with Gasteiger partial charge in [0.15, 0.2) is 0 Å². The number of aromatic nitrogens is 2. The van der Waals surface area contributed by atoms with E-state index in [9.17, 15) is 4.79 Å². The van der Waals surface area contributed by atoms with Gasteiger partial charge in [0.25, 0.3) is 0 Å². The molecule has 1 saturated heterocycles. The highest BCUT2D eigenvalue weighted by Gasteiger charge is 2.23. The number of pyridine rings is 1. The molecule has 6 nitrogen and oxygen atoms in total. The molecule has 1 fully saturated rings. The molecule has 2 aromatic rings. The zero-order valence-corrected chi connectivity index (χ0v) is 14.9. The van der Waals surface area contributed by atoms with Gasteiger partial charge in [-0.2, -0.15) is 0 Å². The molecule has 128 valence electrons. The second-order valence-electron chi connectivity index (χ2n) is 6.08. The van der Waals surface area contributed by atoms with Crippen LogP contribution < -0.4 is 5.32 Å². The number of hydrogen-bond donors (Lipinski definition) is 1. The standard InChI is InChI=1S/C17H23N5OS/c1-13-12-24-16(19-13)14(2)20-17(23)22-9-7-21(8-10-22)11-15-5-3-4-6-18-15/h3-6,12,14H,7-11H2,1-2H3,(H,20,23)/t14-/m1/s1. The second kappa shape index (κ2) is 7.72. The Hall–Kier alpha value is -1.99. The Kier molecular flexibility index (Phi) is 5.42. The molecular formula is C17H23N5OS. The fraction of sp³-hybridized carbons (Fsp3) is 0.471. The van der Waals surface area contributed by atoms with Crippen LogP contribution in [0.4, 0.5) is 4.79 Å². The molecule has 0 saturated carbocycles. The van der Waals surface area contributed by atoms with Crippen LogP contribution >= 0.6 is 11.3 Å². The van der Waals surface area contributed by atoms with Gasteiger partial charge in [-0.25, -0.2) is 9.78 Å². The molecule has 1 N–H and O–H groups in total. The number of nitrogens with one attached hydrogen (secondary N) is 1. The van der Waals surface area contributed by atoms with Crippen LogP contribution in [-0.2, 0) is 6.54 Å². The Morgan fingerprint density at radius 1 is 1.33 bits per heavy atom. The number of piperazine rings is 1. The predicted molar refractivity (Wildman–Crippen MR) is 94.9 cm³/mol. The zero-order valence-electron chi connectivity index (χ0n) is 14.1. The van der Waals surface area contributed by atoms with E-state index in [1.54, 1.807) is 11.3 Å². The van der Waals surface area contributed by atoms with Gasteiger partial charge < -0.3 is 10.2 Å². The molecule has 7 heteroatoms. The van der Waals surface area contributed by atoms with Crippen LogP contribution in [0.25, 0.3) is 0 Å². The number of urea groups is 1. The summed E-state index contributed by atoms with van der Waals surface area (Å²) in [7, 11) is 0. The quantitative estimate of drug-likeness (QED) is 0.924. The summed E-state index contributed by atoms with van der Waals surface area (Å²) in [6.45, 7) is 8.00. The topological polar surface area (TPSA) is 61.4 Å². The van der Waals surface area contributed by atoms with E-state index in [0.717, 1.165) is 49.1 Å². The van der Waals surface area contributed by atoms with Crippen LogP contribution in [0, 0.1) is 6.92 Å². The molecule has 3 rings (SSSR count). The van der Waals surface area contributed by atoms with Crippen molar-refractivity contribution < 1.29 is 4.79 Å². The number of nitrogens with zero attached hydrogens (tertiary/aromatic N) is 4. The fourth-order valence-corrected chi connectivity index (χ4v) is 3.54. The summed E-state index contributed by atoms with van der Waals surface area (Å²) in [6.07, 6.45) is 1.82. The van der Waals surface area contributed by atoms with Gasteiger partial charge in [0.1, 0.15) is 5.01 Å². The van der Waals surface area contributed by atoms with Crippen molar-refractivity contribution in [3.63, 3.8) is 0 Å². The molecule has 24 heavy (non-hydrogen) atoms. The van der Waals surface area contributed by atoms with E-state index in [1.807, 2.05) is 48.5 Å². The molecule has 1 aliphatic rings. The highest BCUT2D eigenvalue weighted by Crippen LogP contribution is 2.18. The van der Waals surface area contributed by atoms with E-state index in [4.69, 9.17) is 0 Å². The smallest absolute Gasteiger partial charge is 0.318 e. The number of carbonyl (C=O) groups is 1. The van der Waals surface area contributed by atoms with Crippen LogP contribution in [-0.4, -0.2) is 52.0 Å². The van der Waals surface area contributed by atoms with Gasteiger partial charge in [0, 0.05) is 50.0 Å². The van der Waals surface area contributed by atoms with E-state index < -0.39 is 0 Å². The van der Waals surface area contributed by atoms with E-state index >= 15 is 0 Å². The maximum absolute atomic E-state index is 12.4. The average molecular weight is 345 g/mol. The predicted octanol–water partition coefficient (Wildman–Crippen LogP) is 2.43. The summed E-state index contributed by atoms with van der Waals surface area (Å²) in [4.78, 5) is 25.4. The minimum Gasteiger partial charge on any atom is -0.329 e. The number of amides is 2. The molecule has 2 aromatic heterocycles. The van der Waals surface area contributed by atoms with E-state index in [2.05, 4.69) is 20.2 Å². The van der Waals surface area contributed by atoms with Crippen molar-refractivity contribution in [3.8, 4) is 0 Å². The highest BCUT2D eigenvalue weighted by atomic mass is 32.1. The van der Waals surface area contributed by atoms with Crippen LogP contribution in [0.1, 0.15) is 29.4 Å². The van der Waals surface area contributed by atoms with Crippen LogP contribution in [0.2, 0.25) is 0 Å². The Labute approximate surface area is 146 Å². The molecule has 1 atom stereocenters. The second-order valence-corrected chi connectivity index (χ2v) is 6.97. The summed E-state index contributed by atoms with van der Waals surface area (Å²) in [5, 5.41) is 6.01. The minimum atomic E-state index is -0.0530. The van der Waals surface area contributed by atoms with E-state index in [0.29, 0.717) is 0 Å². The first kappa shape index (κ1) is 16.9. The van der Waals surface area contributed by atoms with Crippen LogP contribution in [0.3, 0.4) is 0 Å². The Morgan fingerprint density at radius 3 is 2.75 bits per heavy atom. The lowest BCUT2D eigenvalue weighted by atomic mass is 10.2. The van der Waals surface area contributed by atoms with Crippen LogP contribution in [0.5, 0.6) is 0 Å². The molecule has 3 heterocycles. The lowest BCUT2D eigenvalue weighted by Crippen LogP contribution is -2.51. The average Bonchev–Trinajstić information content (AvgIpc) is 3.03. The van der Waals surface area contributed by atoms with Gasteiger partial charge in [-0.3, -0.25) is 9.88 Å². The molecule has 0 radical (unpaired) electrons. The maximum Gasteiger partial charge on any atom is 0.318 e. The number of carbonyl (C=O) groups excluding carboxylic acids is 1. The molecule has 0 unspecified atom stereocenters. The van der Waals surface area contributed by atoms with Crippen molar-refractivity contribution in [3.05, 3.63) is 46.2 Å². The summed E-state index contributed by atoms with van der Waals surface area (Å²) >= 11 is 1.59. The molecular weight excluding hydrogens is 322 g/mol. The zero-order chi connectivity index (χ0) is 16.9. The Bertz CT molecular complexity index is 667. The molecule has 0 spiro atoms. The number of thiazole rings is 1. The van der Waals surface area contributed by atoms with Gasteiger partial charge in [-0.1, -0.05) is 6.07 Å². The van der Waals surface area contributed by atoms with Gasteiger partial charge >= 0.3 is 6.03 Å². The third-order valence-corrected chi connectivity index (χ3v) is 5.26. The SMILES string of the molecule is Cc1csc([C@@H](C)NC(=O)N2CCN(Cc3ccccn3)CC2)n1. The lowest BCUT2D eigenvalue weighted by Gasteiger charge is -2.35. The lowest BCUT2D eigenvalue weighted by molar-refractivity contribution is 0.133. The van der Waals surface area contributed by atoms with Gasteiger partial charge in [-0.15, -0.1) is 11.3 Å². The summed E-state index contributed by atoms with van der Waals surface area (Å²) in [5.41, 5.74) is 2.07. The van der Waals surface area contributed by atoms with E-state index in [-0.39, 0.29) is 12.1 Å². The van der Waals surface area contributed by atoms with Crippen molar-refractivity contribution in [2.45, 2.75) is 26.4 Å². The Balaban J connectivity index is 1.46. The number of rotatable bonds is 4.